The van der Waals surface area contributed by atoms with E-state index in [9.17, 15) is 0 Å². The van der Waals surface area contributed by atoms with Gasteiger partial charge < -0.3 is 11.5 Å². The fourth-order valence-corrected chi connectivity index (χ4v) is 3.56. The van der Waals surface area contributed by atoms with Crippen molar-refractivity contribution >= 4 is 11.8 Å². The van der Waals surface area contributed by atoms with Crippen molar-refractivity contribution in [3.63, 3.8) is 0 Å². The zero-order chi connectivity index (χ0) is 6.43. The van der Waals surface area contributed by atoms with E-state index in [2.05, 4.69) is 0 Å². The number of thioether (sulfide) groups is 1. The maximum Gasteiger partial charge on any atom is 0.0353 e. The molecule has 0 aromatic heterocycles. The van der Waals surface area contributed by atoms with E-state index in [1.807, 2.05) is 11.8 Å². The standard InChI is InChI=1S/C6H12N2S/c7-4-1-3-2-5(8)6(4)9-3/h3-6H,1-2,7-8H2. The first-order valence-electron chi connectivity index (χ1n) is 3.44. The lowest BCUT2D eigenvalue weighted by molar-refractivity contribution is 0.452. The maximum atomic E-state index is 5.81. The molecule has 2 heterocycles. The highest BCUT2D eigenvalue weighted by atomic mass is 32.2. The van der Waals surface area contributed by atoms with Crippen LogP contribution in [0.1, 0.15) is 12.8 Å². The van der Waals surface area contributed by atoms with E-state index >= 15 is 0 Å². The van der Waals surface area contributed by atoms with Crippen LogP contribution in [0, 0.1) is 0 Å². The highest BCUT2D eigenvalue weighted by Crippen LogP contribution is 2.44. The molecule has 2 fully saturated rings. The molecule has 2 rings (SSSR count). The summed E-state index contributed by atoms with van der Waals surface area (Å²) >= 11 is 2.00. The fourth-order valence-electron chi connectivity index (χ4n) is 1.82. The predicted octanol–water partition coefficient (Wildman–Crippen LogP) is -0.0812. The Morgan fingerprint density at radius 2 is 1.67 bits per heavy atom. The van der Waals surface area contributed by atoms with Gasteiger partial charge in [0, 0.05) is 22.6 Å². The summed E-state index contributed by atoms with van der Waals surface area (Å²) in [6, 6.07) is 0.785. The first kappa shape index (κ1) is 6.01. The summed E-state index contributed by atoms with van der Waals surface area (Å²) in [7, 11) is 0. The maximum absolute atomic E-state index is 5.81. The van der Waals surface area contributed by atoms with Gasteiger partial charge >= 0.3 is 0 Å². The average molecular weight is 144 g/mol. The van der Waals surface area contributed by atoms with Crippen molar-refractivity contribution < 1.29 is 0 Å². The third-order valence-corrected chi connectivity index (χ3v) is 4.05. The summed E-state index contributed by atoms with van der Waals surface area (Å²) in [4.78, 5) is 0. The molecule has 0 radical (unpaired) electrons. The third-order valence-electron chi connectivity index (χ3n) is 2.26. The normalized spacial score (nSPS) is 56.7. The van der Waals surface area contributed by atoms with E-state index in [0.717, 1.165) is 5.25 Å². The molecule has 0 aromatic carbocycles. The Labute approximate surface area is 59.4 Å². The van der Waals surface area contributed by atoms with Crippen LogP contribution >= 0.6 is 11.8 Å². The summed E-state index contributed by atoms with van der Waals surface area (Å²) in [6.45, 7) is 0. The first-order valence-corrected chi connectivity index (χ1v) is 4.38. The summed E-state index contributed by atoms with van der Waals surface area (Å²) in [5.74, 6) is 0. The molecular weight excluding hydrogens is 132 g/mol. The lowest BCUT2D eigenvalue weighted by atomic mass is 9.92. The Hall–Kier alpha value is 0.270. The molecule has 0 aromatic rings. The quantitative estimate of drug-likeness (QED) is 0.500. The van der Waals surface area contributed by atoms with Crippen LogP contribution in [-0.4, -0.2) is 22.6 Å². The topological polar surface area (TPSA) is 52.0 Å². The van der Waals surface area contributed by atoms with E-state index < -0.39 is 0 Å². The molecule has 2 bridgehead atoms. The molecule has 0 amide bonds. The number of nitrogens with two attached hydrogens (primary N) is 2. The molecule has 2 aliphatic rings. The van der Waals surface area contributed by atoms with Gasteiger partial charge in [-0.1, -0.05) is 0 Å². The van der Waals surface area contributed by atoms with Crippen LogP contribution in [0.2, 0.25) is 0 Å². The second kappa shape index (κ2) is 1.87. The average Bonchev–Trinajstić information content (AvgIpc) is 2.22. The minimum atomic E-state index is 0.392. The van der Waals surface area contributed by atoms with Crippen molar-refractivity contribution in [3.8, 4) is 0 Å². The number of rotatable bonds is 0. The van der Waals surface area contributed by atoms with Crippen molar-refractivity contribution in [2.45, 2.75) is 35.4 Å². The van der Waals surface area contributed by atoms with Gasteiger partial charge in [0.1, 0.15) is 0 Å². The molecule has 2 atom stereocenters. The number of hydrogen-bond acceptors (Lipinski definition) is 3. The predicted molar refractivity (Wildman–Crippen MR) is 40.4 cm³/mol. The molecule has 52 valence electrons. The lowest BCUT2D eigenvalue weighted by Crippen LogP contribution is -2.43. The highest BCUT2D eigenvalue weighted by Gasteiger charge is 2.43. The van der Waals surface area contributed by atoms with Crippen molar-refractivity contribution in [3.05, 3.63) is 0 Å². The Kier molecular flexibility index (Phi) is 1.25. The second-order valence-corrected chi connectivity index (χ2v) is 4.50. The van der Waals surface area contributed by atoms with E-state index in [-0.39, 0.29) is 0 Å². The Balaban J connectivity index is 2.13. The molecule has 0 spiro atoms. The Bertz CT molecular complexity index is 116. The van der Waals surface area contributed by atoms with Crippen molar-refractivity contribution in [1.82, 2.24) is 0 Å². The van der Waals surface area contributed by atoms with E-state index in [0.29, 0.717) is 17.3 Å². The van der Waals surface area contributed by atoms with Crippen LogP contribution in [0.4, 0.5) is 0 Å². The molecule has 0 saturated carbocycles. The highest BCUT2D eigenvalue weighted by molar-refractivity contribution is 8.01. The van der Waals surface area contributed by atoms with Crippen molar-refractivity contribution in [2.24, 2.45) is 11.5 Å². The van der Waals surface area contributed by atoms with Gasteiger partial charge in [-0.2, -0.15) is 11.8 Å². The molecule has 0 aliphatic carbocycles. The van der Waals surface area contributed by atoms with Crippen LogP contribution in [0.25, 0.3) is 0 Å². The van der Waals surface area contributed by atoms with Gasteiger partial charge in [0.05, 0.1) is 0 Å². The number of hydrogen-bond donors (Lipinski definition) is 2. The largest absolute Gasteiger partial charge is 0.327 e. The van der Waals surface area contributed by atoms with Gasteiger partial charge in [0.25, 0.3) is 0 Å². The molecule has 2 nitrogen and oxygen atoms in total. The number of fused-ring (bicyclic) bond motifs is 2. The van der Waals surface area contributed by atoms with Crippen LogP contribution in [0.5, 0.6) is 0 Å². The van der Waals surface area contributed by atoms with Crippen molar-refractivity contribution in [1.29, 1.82) is 0 Å². The zero-order valence-electron chi connectivity index (χ0n) is 5.29. The molecule has 9 heavy (non-hydrogen) atoms. The SMILES string of the molecule is NC1CC2CC(N)C1S2. The van der Waals surface area contributed by atoms with Crippen LogP contribution in [0.15, 0.2) is 0 Å². The lowest BCUT2D eigenvalue weighted by Gasteiger charge is -2.21. The summed E-state index contributed by atoms with van der Waals surface area (Å²) in [5.41, 5.74) is 11.6. The first-order chi connectivity index (χ1) is 4.27. The second-order valence-electron chi connectivity index (χ2n) is 3.02. The fraction of sp³-hybridized carbons (Fsp3) is 1.00. The molecule has 2 saturated heterocycles. The molecule has 4 N–H and O–H groups in total. The minimum absolute atomic E-state index is 0.392. The van der Waals surface area contributed by atoms with Crippen molar-refractivity contribution in [2.75, 3.05) is 0 Å². The third kappa shape index (κ3) is 0.791. The Morgan fingerprint density at radius 3 is 1.89 bits per heavy atom. The van der Waals surface area contributed by atoms with E-state index in [4.69, 9.17) is 11.5 Å². The van der Waals surface area contributed by atoms with E-state index in [1.165, 1.54) is 12.8 Å². The smallest absolute Gasteiger partial charge is 0.0353 e. The summed E-state index contributed by atoms with van der Waals surface area (Å²) in [5, 5.41) is 1.37. The summed E-state index contributed by atoms with van der Waals surface area (Å²) < 4.78 is 0. The molecule has 2 unspecified atom stereocenters. The van der Waals surface area contributed by atoms with Gasteiger partial charge in [0.2, 0.25) is 0 Å². The van der Waals surface area contributed by atoms with Gasteiger partial charge in [-0.05, 0) is 12.8 Å². The molecule has 2 aliphatic heterocycles. The van der Waals surface area contributed by atoms with Gasteiger partial charge in [-0.15, -0.1) is 0 Å². The monoisotopic (exact) mass is 144 g/mol. The summed E-state index contributed by atoms with van der Waals surface area (Å²) in [6.07, 6.45) is 2.39. The van der Waals surface area contributed by atoms with Gasteiger partial charge in [-0.25, -0.2) is 0 Å². The van der Waals surface area contributed by atoms with Gasteiger partial charge in [-0.3, -0.25) is 0 Å². The molecular formula is C6H12N2S. The Morgan fingerprint density at radius 1 is 1.11 bits per heavy atom. The molecule has 3 heteroatoms. The van der Waals surface area contributed by atoms with Crippen LogP contribution in [0.3, 0.4) is 0 Å². The van der Waals surface area contributed by atoms with Crippen LogP contribution < -0.4 is 11.5 Å². The van der Waals surface area contributed by atoms with Crippen LogP contribution in [-0.2, 0) is 0 Å². The minimum Gasteiger partial charge on any atom is -0.327 e. The van der Waals surface area contributed by atoms with E-state index in [1.54, 1.807) is 0 Å². The van der Waals surface area contributed by atoms with Gasteiger partial charge in [0.15, 0.2) is 0 Å². The zero-order valence-corrected chi connectivity index (χ0v) is 6.10.